The normalized spacial score (nSPS) is 19.3. The second-order valence-electron chi connectivity index (χ2n) is 7.51. The first-order chi connectivity index (χ1) is 12.7. The molecule has 0 radical (unpaired) electrons. The van der Waals surface area contributed by atoms with Crippen LogP contribution >= 0.6 is 23.8 Å². The van der Waals surface area contributed by atoms with Crippen molar-refractivity contribution in [2.45, 2.75) is 33.0 Å². The summed E-state index contributed by atoms with van der Waals surface area (Å²) in [7, 11) is -1.08. The Balaban J connectivity index is 1.92. The monoisotopic (exact) mass is 428 g/mol. The standard InChI is InChI=1S/C18H25ClN4O2S2/c1-13(2)10-22(14-8-9-27(24,25)11-14)12-23-18(26)21(3)17(20-23)15-6-4-5-7-16(15)19/h4-7,13-14H,8-12H2,1-3H3/t14-/m0/s1. The number of sulfone groups is 1. The number of hydrogen-bond acceptors (Lipinski definition) is 5. The van der Waals surface area contributed by atoms with E-state index in [1.165, 1.54) is 0 Å². The Labute approximate surface area is 170 Å². The van der Waals surface area contributed by atoms with E-state index < -0.39 is 9.84 Å². The fourth-order valence-corrected chi connectivity index (χ4v) is 5.65. The van der Waals surface area contributed by atoms with Gasteiger partial charge in [0.05, 0.1) is 23.2 Å². The molecule has 27 heavy (non-hydrogen) atoms. The molecule has 3 rings (SSSR count). The van der Waals surface area contributed by atoms with Crippen LogP contribution in [-0.2, 0) is 23.6 Å². The number of rotatable bonds is 6. The maximum Gasteiger partial charge on any atom is 0.199 e. The van der Waals surface area contributed by atoms with E-state index >= 15 is 0 Å². The predicted octanol–water partition coefficient (Wildman–Crippen LogP) is 3.37. The second kappa shape index (κ2) is 8.03. The molecule has 1 atom stereocenters. The Morgan fingerprint density at radius 3 is 2.67 bits per heavy atom. The van der Waals surface area contributed by atoms with Gasteiger partial charge in [-0.15, -0.1) is 0 Å². The summed E-state index contributed by atoms with van der Waals surface area (Å²) in [6, 6.07) is 7.54. The van der Waals surface area contributed by atoms with E-state index in [1.807, 2.05) is 35.9 Å². The molecule has 1 saturated heterocycles. The van der Waals surface area contributed by atoms with Crippen LogP contribution in [0.3, 0.4) is 0 Å². The Morgan fingerprint density at radius 1 is 1.37 bits per heavy atom. The lowest BCUT2D eigenvalue weighted by Crippen LogP contribution is -2.40. The summed E-state index contributed by atoms with van der Waals surface area (Å²) in [6.45, 7) is 5.52. The van der Waals surface area contributed by atoms with Crippen LogP contribution in [0.5, 0.6) is 0 Å². The third kappa shape index (κ3) is 4.62. The smallest absolute Gasteiger partial charge is 0.199 e. The molecule has 148 valence electrons. The molecule has 0 amide bonds. The summed E-state index contributed by atoms with van der Waals surface area (Å²) in [6.07, 6.45) is 0.659. The molecule has 2 aromatic rings. The minimum Gasteiger partial charge on any atom is -0.303 e. The molecule has 1 aliphatic rings. The van der Waals surface area contributed by atoms with Crippen molar-refractivity contribution in [1.82, 2.24) is 19.2 Å². The molecule has 0 saturated carbocycles. The third-order valence-electron chi connectivity index (χ3n) is 4.80. The van der Waals surface area contributed by atoms with Crippen LogP contribution in [0.1, 0.15) is 20.3 Å². The Hall–Kier alpha value is -1.22. The van der Waals surface area contributed by atoms with Crippen LogP contribution in [0.15, 0.2) is 24.3 Å². The summed E-state index contributed by atoms with van der Waals surface area (Å²) in [5.41, 5.74) is 0.824. The zero-order valence-electron chi connectivity index (χ0n) is 15.8. The van der Waals surface area contributed by atoms with E-state index in [2.05, 4.69) is 18.7 Å². The number of halogens is 1. The topological polar surface area (TPSA) is 60.1 Å². The quantitative estimate of drug-likeness (QED) is 0.660. The first kappa shape index (κ1) is 20.5. The Bertz CT molecular complexity index is 981. The fraction of sp³-hybridized carbons (Fsp3) is 0.556. The van der Waals surface area contributed by atoms with Gasteiger partial charge in [-0.2, -0.15) is 5.10 Å². The highest BCUT2D eigenvalue weighted by molar-refractivity contribution is 7.91. The van der Waals surface area contributed by atoms with Crippen LogP contribution < -0.4 is 0 Å². The first-order valence-electron chi connectivity index (χ1n) is 9.01. The highest BCUT2D eigenvalue weighted by Crippen LogP contribution is 2.26. The maximum absolute atomic E-state index is 11.9. The molecule has 9 heteroatoms. The Morgan fingerprint density at radius 2 is 2.07 bits per heavy atom. The second-order valence-corrected chi connectivity index (χ2v) is 10.5. The van der Waals surface area contributed by atoms with Crippen molar-refractivity contribution in [3.8, 4) is 11.4 Å². The van der Waals surface area contributed by atoms with E-state index in [0.29, 0.717) is 34.6 Å². The number of aromatic nitrogens is 3. The van der Waals surface area contributed by atoms with Crippen LogP contribution in [0.25, 0.3) is 11.4 Å². The minimum absolute atomic E-state index is 0.00469. The lowest BCUT2D eigenvalue weighted by molar-refractivity contribution is 0.137. The summed E-state index contributed by atoms with van der Waals surface area (Å²) in [4.78, 5) is 2.19. The minimum atomic E-state index is -2.95. The number of hydrogen-bond donors (Lipinski definition) is 0. The van der Waals surface area contributed by atoms with Gasteiger partial charge in [0.15, 0.2) is 20.4 Å². The van der Waals surface area contributed by atoms with Crippen molar-refractivity contribution < 1.29 is 8.42 Å². The van der Waals surface area contributed by atoms with Gasteiger partial charge in [0.25, 0.3) is 0 Å². The molecule has 2 heterocycles. The van der Waals surface area contributed by atoms with Crippen molar-refractivity contribution in [3.63, 3.8) is 0 Å². The van der Waals surface area contributed by atoms with Gasteiger partial charge in [0, 0.05) is 25.2 Å². The highest BCUT2D eigenvalue weighted by atomic mass is 35.5. The zero-order chi connectivity index (χ0) is 19.8. The molecule has 0 spiro atoms. The summed E-state index contributed by atoms with van der Waals surface area (Å²) >= 11 is 11.9. The van der Waals surface area contributed by atoms with Gasteiger partial charge in [-0.1, -0.05) is 37.6 Å². The number of benzene rings is 1. The van der Waals surface area contributed by atoms with Gasteiger partial charge < -0.3 is 4.57 Å². The molecule has 1 aromatic carbocycles. The molecule has 0 unspecified atom stereocenters. The van der Waals surface area contributed by atoms with E-state index in [0.717, 1.165) is 12.1 Å². The van der Waals surface area contributed by atoms with Gasteiger partial charge in [0.2, 0.25) is 0 Å². The molecular formula is C18H25ClN4O2S2. The SMILES string of the molecule is CC(C)CN(Cn1nc(-c2ccccc2Cl)n(C)c1=S)[C@H]1CCS(=O)(=O)C1. The van der Waals surface area contributed by atoms with Crippen LogP contribution in [0, 0.1) is 10.7 Å². The summed E-state index contributed by atoms with van der Waals surface area (Å²) in [5.74, 6) is 1.57. The molecule has 1 fully saturated rings. The number of nitrogens with zero attached hydrogens (tertiary/aromatic N) is 4. The van der Waals surface area contributed by atoms with E-state index in [4.69, 9.17) is 28.9 Å². The third-order valence-corrected chi connectivity index (χ3v) is 7.36. The largest absolute Gasteiger partial charge is 0.303 e. The summed E-state index contributed by atoms with van der Waals surface area (Å²) in [5, 5.41) is 5.31. The van der Waals surface area contributed by atoms with E-state index in [1.54, 1.807) is 4.68 Å². The molecule has 0 aliphatic carbocycles. The fourth-order valence-electron chi connectivity index (χ4n) is 3.48. The van der Waals surface area contributed by atoms with Gasteiger partial charge in [-0.05, 0) is 36.7 Å². The van der Waals surface area contributed by atoms with Crippen molar-refractivity contribution in [2.75, 3.05) is 18.1 Å². The lowest BCUT2D eigenvalue weighted by Gasteiger charge is -2.29. The molecule has 1 aliphatic heterocycles. The Kier molecular flexibility index (Phi) is 6.10. The first-order valence-corrected chi connectivity index (χ1v) is 11.6. The van der Waals surface area contributed by atoms with Gasteiger partial charge in [-0.25, -0.2) is 13.1 Å². The van der Waals surface area contributed by atoms with Crippen LogP contribution in [-0.4, -0.2) is 51.8 Å². The van der Waals surface area contributed by atoms with Gasteiger partial charge in [0.1, 0.15) is 0 Å². The predicted molar refractivity (Wildman–Crippen MR) is 111 cm³/mol. The van der Waals surface area contributed by atoms with Crippen molar-refractivity contribution in [2.24, 2.45) is 13.0 Å². The molecule has 1 aromatic heterocycles. The molecule has 0 N–H and O–H groups in total. The van der Waals surface area contributed by atoms with Crippen LogP contribution in [0.2, 0.25) is 5.02 Å². The van der Waals surface area contributed by atoms with E-state index in [-0.39, 0.29) is 17.5 Å². The molecule has 6 nitrogen and oxygen atoms in total. The highest BCUT2D eigenvalue weighted by Gasteiger charge is 2.33. The lowest BCUT2D eigenvalue weighted by atomic mass is 10.1. The molecule has 0 bridgehead atoms. The van der Waals surface area contributed by atoms with Gasteiger partial charge >= 0.3 is 0 Å². The molecular weight excluding hydrogens is 404 g/mol. The summed E-state index contributed by atoms with van der Waals surface area (Å²) < 4.78 is 28.1. The van der Waals surface area contributed by atoms with Crippen molar-refractivity contribution >= 4 is 33.7 Å². The van der Waals surface area contributed by atoms with Crippen molar-refractivity contribution in [3.05, 3.63) is 34.1 Å². The van der Waals surface area contributed by atoms with E-state index in [9.17, 15) is 8.42 Å². The average molecular weight is 429 g/mol. The average Bonchev–Trinajstić information content (AvgIpc) is 3.08. The maximum atomic E-state index is 11.9. The van der Waals surface area contributed by atoms with Gasteiger partial charge in [-0.3, -0.25) is 4.90 Å². The van der Waals surface area contributed by atoms with Crippen LogP contribution in [0.4, 0.5) is 0 Å². The van der Waals surface area contributed by atoms with Crippen molar-refractivity contribution in [1.29, 1.82) is 0 Å². The zero-order valence-corrected chi connectivity index (χ0v) is 18.2.